The Bertz CT molecular complexity index is 4240. The number of fused-ring (bicyclic) bond motifs is 6. The summed E-state index contributed by atoms with van der Waals surface area (Å²) in [6, 6.07) is 67.7. The van der Waals surface area contributed by atoms with Gasteiger partial charge in [0.2, 0.25) is 0 Å². The molecular formula is C70H60N6. The normalized spacial score (nSPS) is 12.1. The van der Waals surface area contributed by atoms with Crippen molar-refractivity contribution < 1.29 is 0 Å². The summed E-state index contributed by atoms with van der Waals surface area (Å²) in [6.45, 7) is 22.4. The second-order valence-corrected chi connectivity index (χ2v) is 22.5. The third-order valence-electron chi connectivity index (χ3n) is 15.5. The molecule has 12 aromatic rings. The van der Waals surface area contributed by atoms with Crippen molar-refractivity contribution in [1.29, 1.82) is 5.26 Å². The highest BCUT2D eigenvalue weighted by molar-refractivity contribution is 6.15. The van der Waals surface area contributed by atoms with Crippen LogP contribution in [-0.4, -0.2) is 24.1 Å². The Morgan fingerprint density at radius 2 is 0.737 bits per heavy atom. The first-order valence-corrected chi connectivity index (χ1v) is 26.3. The molecule has 0 aliphatic carbocycles. The second-order valence-electron chi connectivity index (χ2n) is 22.5. The van der Waals surface area contributed by atoms with Crippen LogP contribution in [0.25, 0.3) is 111 Å². The van der Waals surface area contributed by atoms with Gasteiger partial charge in [-0.05, 0) is 119 Å². The van der Waals surface area contributed by atoms with Crippen LogP contribution in [0.3, 0.4) is 0 Å². The van der Waals surface area contributed by atoms with Gasteiger partial charge in [0.1, 0.15) is 6.07 Å². The van der Waals surface area contributed by atoms with E-state index < -0.39 is 0 Å². The number of hydrogen-bond donors (Lipinski definition) is 0. The highest BCUT2D eigenvalue weighted by Crippen LogP contribution is 2.54. The quantitative estimate of drug-likeness (QED) is 0.159. The molecule has 0 spiro atoms. The number of rotatable bonds is 7. The van der Waals surface area contributed by atoms with Crippen molar-refractivity contribution in [3.8, 4) is 73.9 Å². The molecule has 0 atom stereocenters. The first-order chi connectivity index (χ1) is 36.6. The van der Waals surface area contributed by atoms with E-state index in [-0.39, 0.29) is 10.8 Å². The van der Waals surface area contributed by atoms with E-state index in [0.29, 0.717) is 23.0 Å². The molecule has 0 unspecified atom stereocenters. The van der Waals surface area contributed by atoms with Crippen LogP contribution < -0.4 is 0 Å². The summed E-state index contributed by atoms with van der Waals surface area (Å²) < 4.78 is 4.86. The molecule has 6 nitrogen and oxygen atoms in total. The van der Waals surface area contributed by atoms with Crippen molar-refractivity contribution in [1.82, 2.24) is 24.1 Å². The molecule has 0 aliphatic heterocycles. The first kappa shape index (κ1) is 48.0. The van der Waals surface area contributed by atoms with Gasteiger partial charge in [0.15, 0.2) is 17.5 Å². The predicted molar refractivity (Wildman–Crippen MR) is 317 cm³/mol. The predicted octanol–water partition coefficient (Wildman–Crippen LogP) is 18.1. The highest BCUT2D eigenvalue weighted by atomic mass is 15.1. The molecule has 370 valence electrons. The van der Waals surface area contributed by atoms with E-state index >= 15 is 0 Å². The van der Waals surface area contributed by atoms with Gasteiger partial charge in [0.05, 0.1) is 44.6 Å². The molecule has 6 heteroatoms. The smallest absolute Gasteiger partial charge is 0.166 e. The lowest BCUT2D eigenvalue weighted by molar-refractivity contribution is 0.591. The number of benzene rings is 9. The first-order valence-electron chi connectivity index (χ1n) is 26.3. The Kier molecular flexibility index (Phi) is 11.5. The number of nitrogens with zero attached hydrogens (tertiary/aromatic N) is 6. The summed E-state index contributed by atoms with van der Waals surface area (Å²) >= 11 is 0. The fourth-order valence-corrected chi connectivity index (χ4v) is 11.7. The number of nitriles is 1. The summed E-state index contributed by atoms with van der Waals surface area (Å²) in [7, 11) is 0. The molecule has 0 saturated carbocycles. The molecule has 76 heavy (non-hydrogen) atoms. The van der Waals surface area contributed by atoms with Crippen LogP contribution in [0.5, 0.6) is 0 Å². The van der Waals surface area contributed by atoms with Crippen molar-refractivity contribution in [2.75, 3.05) is 0 Å². The molecule has 0 aliphatic rings. The zero-order chi connectivity index (χ0) is 52.8. The number of aromatic nitrogens is 5. The fourth-order valence-electron chi connectivity index (χ4n) is 11.7. The minimum absolute atomic E-state index is 0.103. The lowest BCUT2D eigenvalue weighted by Crippen LogP contribution is -2.14. The van der Waals surface area contributed by atoms with Gasteiger partial charge in [-0.3, -0.25) is 0 Å². The van der Waals surface area contributed by atoms with Gasteiger partial charge in [0.25, 0.3) is 0 Å². The average Bonchev–Trinajstić information content (AvgIpc) is 4.13. The van der Waals surface area contributed by atoms with E-state index in [2.05, 4.69) is 230 Å². The molecule has 0 bridgehead atoms. The van der Waals surface area contributed by atoms with Gasteiger partial charge in [0, 0.05) is 43.8 Å². The highest BCUT2D eigenvalue weighted by Gasteiger charge is 2.36. The fraction of sp³-hybridized carbons (Fsp3) is 0.171. The summed E-state index contributed by atoms with van der Waals surface area (Å²) in [6.07, 6.45) is 0. The molecular weight excluding hydrogens is 925 g/mol. The zero-order valence-corrected chi connectivity index (χ0v) is 45.0. The Hall–Kier alpha value is -8.92. The van der Waals surface area contributed by atoms with Crippen LogP contribution in [0, 0.1) is 39.0 Å². The van der Waals surface area contributed by atoms with E-state index in [1.807, 2.05) is 36.4 Å². The molecule has 0 amide bonds. The lowest BCUT2D eigenvalue weighted by Gasteiger charge is -2.29. The van der Waals surface area contributed by atoms with Gasteiger partial charge in [-0.25, -0.2) is 15.0 Å². The summed E-state index contributed by atoms with van der Waals surface area (Å²) in [5.74, 6) is 1.53. The van der Waals surface area contributed by atoms with Crippen LogP contribution in [0.4, 0.5) is 0 Å². The Labute approximate surface area is 445 Å². The van der Waals surface area contributed by atoms with Crippen molar-refractivity contribution in [2.24, 2.45) is 0 Å². The monoisotopic (exact) mass is 984 g/mol. The molecule has 12 rings (SSSR count). The maximum absolute atomic E-state index is 12.6. The van der Waals surface area contributed by atoms with Gasteiger partial charge >= 0.3 is 0 Å². The zero-order valence-electron chi connectivity index (χ0n) is 45.0. The van der Waals surface area contributed by atoms with Crippen LogP contribution in [-0.2, 0) is 10.8 Å². The topological polar surface area (TPSA) is 72.3 Å². The minimum atomic E-state index is -0.112. The maximum Gasteiger partial charge on any atom is 0.166 e. The third kappa shape index (κ3) is 7.80. The standard InChI is InChI=1S/C70H60N6/c1-42-23-21-24-43(2)59(42)61-54(41-71)64(75-55-33-19-17-31-50(55)52-39-48(69(5,6)7)35-37-57(52)75)62(60-44(3)25-22-26-45(60)4)65(76-56-34-20-18-32-51(56)53-40-49(70(8,9)10)36-38-58(53)76)63(61)68-73-66(46-27-13-11-14-28-46)72-67(74-68)47-29-15-12-16-30-47/h11-40H,1-10H3. The third-order valence-corrected chi connectivity index (χ3v) is 15.5. The number of hydrogen-bond acceptors (Lipinski definition) is 4. The summed E-state index contributed by atoms with van der Waals surface area (Å²) in [5.41, 5.74) is 18.9. The molecule has 3 aromatic heterocycles. The van der Waals surface area contributed by atoms with Crippen molar-refractivity contribution in [3.63, 3.8) is 0 Å². The number of para-hydroxylation sites is 2. The molecule has 9 aromatic carbocycles. The van der Waals surface area contributed by atoms with Crippen LogP contribution >= 0.6 is 0 Å². The summed E-state index contributed by atoms with van der Waals surface area (Å²) in [4.78, 5) is 16.6. The van der Waals surface area contributed by atoms with E-state index in [0.717, 1.165) is 116 Å². The van der Waals surface area contributed by atoms with Crippen LogP contribution in [0.2, 0.25) is 0 Å². The van der Waals surface area contributed by atoms with Gasteiger partial charge in [-0.1, -0.05) is 187 Å². The maximum atomic E-state index is 12.6. The van der Waals surface area contributed by atoms with Crippen molar-refractivity contribution >= 4 is 43.6 Å². The minimum Gasteiger partial charge on any atom is -0.308 e. The Morgan fingerprint density at radius 3 is 1.17 bits per heavy atom. The summed E-state index contributed by atoms with van der Waals surface area (Å²) in [5, 5.41) is 17.1. The van der Waals surface area contributed by atoms with Crippen molar-refractivity contribution in [2.45, 2.75) is 80.1 Å². The SMILES string of the molecule is Cc1cccc(C)c1-c1c(C#N)c(-n2c3ccccc3c3cc(C(C)(C)C)ccc32)c(-c2c(C)cccc2C)c(-n2c3ccccc3c3cc(C(C)(C)C)ccc32)c1-c1nc(-c2ccccc2)nc(-c2ccccc2)n1. The van der Waals surface area contributed by atoms with Crippen molar-refractivity contribution in [3.05, 3.63) is 221 Å². The van der Waals surface area contributed by atoms with E-state index in [4.69, 9.17) is 15.0 Å². The van der Waals surface area contributed by atoms with Crippen LogP contribution in [0.15, 0.2) is 182 Å². The van der Waals surface area contributed by atoms with Crippen LogP contribution in [0.1, 0.15) is 80.5 Å². The molecule has 0 saturated heterocycles. The lowest BCUT2D eigenvalue weighted by atomic mass is 9.81. The van der Waals surface area contributed by atoms with Gasteiger partial charge in [-0.2, -0.15) is 5.26 Å². The van der Waals surface area contributed by atoms with E-state index in [9.17, 15) is 5.26 Å². The van der Waals surface area contributed by atoms with E-state index in [1.165, 1.54) is 11.1 Å². The van der Waals surface area contributed by atoms with Gasteiger partial charge < -0.3 is 9.13 Å². The largest absolute Gasteiger partial charge is 0.308 e. The Balaban J connectivity index is 1.43. The van der Waals surface area contributed by atoms with Gasteiger partial charge in [-0.15, -0.1) is 0 Å². The molecule has 0 fully saturated rings. The second kappa shape index (κ2) is 18.2. The number of aryl methyl sites for hydroxylation is 4. The molecule has 0 radical (unpaired) electrons. The Morgan fingerprint density at radius 1 is 0.355 bits per heavy atom. The molecule has 0 N–H and O–H groups in total. The van der Waals surface area contributed by atoms with E-state index in [1.54, 1.807) is 0 Å². The molecule has 3 heterocycles. The average molecular weight is 985 g/mol.